The summed E-state index contributed by atoms with van der Waals surface area (Å²) in [5.41, 5.74) is 0.0711. The first-order valence-corrected chi connectivity index (χ1v) is 14.0. The summed E-state index contributed by atoms with van der Waals surface area (Å²) >= 11 is 6.12. The number of rotatable bonds is 5. The number of benzene rings is 1. The highest BCUT2D eigenvalue weighted by Crippen LogP contribution is 2.39. The lowest BCUT2D eigenvalue weighted by molar-refractivity contribution is 0.204. The molecule has 0 radical (unpaired) electrons. The minimum absolute atomic E-state index is 0.0157. The van der Waals surface area contributed by atoms with Crippen LogP contribution in [0.3, 0.4) is 0 Å². The van der Waals surface area contributed by atoms with Gasteiger partial charge in [-0.3, -0.25) is 4.90 Å². The summed E-state index contributed by atoms with van der Waals surface area (Å²) in [5, 5.41) is 8.30. The minimum atomic E-state index is -4.42. The van der Waals surface area contributed by atoms with Crippen LogP contribution in [-0.4, -0.2) is 53.9 Å². The molecule has 2 fully saturated rings. The molecule has 1 spiro atoms. The molecule has 0 saturated carbocycles. The van der Waals surface area contributed by atoms with Crippen LogP contribution in [0.2, 0.25) is 0 Å². The van der Waals surface area contributed by atoms with E-state index >= 15 is 0 Å². The molecular weight excluding hydrogens is 532 g/mol. The quantitative estimate of drug-likeness (QED) is 0.571. The van der Waals surface area contributed by atoms with Gasteiger partial charge in [-0.05, 0) is 37.1 Å². The number of likely N-dealkylation sites (tertiary alicyclic amines) is 1. The van der Waals surface area contributed by atoms with Crippen LogP contribution in [0.1, 0.15) is 45.7 Å². The van der Waals surface area contributed by atoms with Gasteiger partial charge in [-0.1, -0.05) is 44.5 Å². The third kappa shape index (κ3) is 4.97. The molecule has 11 nitrogen and oxygen atoms in total. The van der Waals surface area contributed by atoms with E-state index in [4.69, 9.17) is 20.9 Å². The Morgan fingerprint density at radius 2 is 1.95 bits per heavy atom. The van der Waals surface area contributed by atoms with E-state index in [2.05, 4.69) is 5.32 Å². The molecule has 2 aliphatic heterocycles. The Morgan fingerprint density at radius 1 is 1.21 bits per heavy atom. The van der Waals surface area contributed by atoms with Crippen LogP contribution in [0.5, 0.6) is 5.75 Å². The first kappa shape index (κ1) is 26.1. The van der Waals surface area contributed by atoms with Crippen LogP contribution >= 0.6 is 11.6 Å². The minimum Gasteiger partial charge on any atom is -0.367 e. The fraction of sp³-hybridized carbons (Fsp3) is 0.400. The highest BCUT2D eigenvalue weighted by Gasteiger charge is 2.51. The van der Waals surface area contributed by atoms with Crippen LogP contribution in [0, 0.1) is 0 Å². The summed E-state index contributed by atoms with van der Waals surface area (Å²) < 4.78 is 33.9. The van der Waals surface area contributed by atoms with E-state index in [1.807, 2.05) is 43.7 Å². The van der Waals surface area contributed by atoms with Crippen LogP contribution in [0.25, 0.3) is 5.69 Å². The average Bonchev–Trinajstić information content (AvgIpc) is 3.50. The molecule has 1 atom stereocenters. The van der Waals surface area contributed by atoms with Crippen molar-refractivity contribution in [3.63, 3.8) is 0 Å². The molecule has 1 aromatic carbocycles. The van der Waals surface area contributed by atoms with E-state index in [-0.39, 0.29) is 17.2 Å². The fourth-order valence-corrected chi connectivity index (χ4v) is 5.47. The summed E-state index contributed by atoms with van der Waals surface area (Å²) in [4.78, 5) is 28.1. The molecule has 1 aliphatic carbocycles. The Bertz CT molecular complexity index is 1450. The van der Waals surface area contributed by atoms with E-state index < -0.39 is 22.0 Å². The van der Waals surface area contributed by atoms with E-state index in [0.717, 1.165) is 18.5 Å². The number of allylic oxidation sites excluding steroid dienone is 2. The predicted molar refractivity (Wildman–Crippen MR) is 143 cm³/mol. The topological polar surface area (TPSA) is 126 Å². The molecule has 2 saturated heterocycles. The number of carbonyl (C=O) groups is 2. The van der Waals surface area contributed by atoms with Crippen molar-refractivity contribution in [2.45, 2.75) is 51.1 Å². The maximum atomic E-state index is 12.8. The Balaban J connectivity index is 1.47. The lowest BCUT2D eigenvalue weighted by Crippen LogP contribution is -2.75. The van der Waals surface area contributed by atoms with Crippen molar-refractivity contribution in [1.82, 2.24) is 24.7 Å². The number of nitrogens with zero attached hydrogens (tertiary/aromatic N) is 4. The Morgan fingerprint density at radius 3 is 2.58 bits per heavy atom. The van der Waals surface area contributed by atoms with Gasteiger partial charge in [-0.25, -0.2) is 19.0 Å². The number of nitrogens with one attached hydrogen (secondary N) is 2. The molecule has 3 aliphatic rings. The smallest absolute Gasteiger partial charge is 0.367 e. The number of aromatic nitrogens is 2. The van der Waals surface area contributed by atoms with E-state index in [1.165, 1.54) is 17.0 Å². The summed E-state index contributed by atoms with van der Waals surface area (Å²) in [6.07, 6.45) is 7.51. The van der Waals surface area contributed by atoms with Gasteiger partial charge in [0.15, 0.2) is 0 Å². The maximum absolute atomic E-state index is 12.8. The monoisotopic (exact) mass is 560 g/mol. The number of urea groups is 2. The summed E-state index contributed by atoms with van der Waals surface area (Å²) in [6.45, 7) is 7.02. The van der Waals surface area contributed by atoms with Crippen molar-refractivity contribution >= 4 is 39.8 Å². The van der Waals surface area contributed by atoms with Gasteiger partial charge in [-0.2, -0.15) is 13.5 Å². The molecule has 2 aromatic rings. The highest BCUT2D eigenvalue weighted by molar-refractivity contribution is 7.85. The van der Waals surface area contributed by atoms with Crippen LogP contribution in [0.15, 0.2) is 53.6 Å². The number of halogens is 1. The summed E-state index contributed by atoms with van der Waals surface area (Å²) in [6, 6.07) is 7.11. The Hall–Kier alpha value is -3.51. The lowest BCUT2D eigenvalue weighted by atomic mass is 9.91. The van der Waals surface area contributed by atoms with E-state index in [9.17, 15) is 18.0 Å². The Labute approximate surface area is 226 Å². The predicted octanol–water partition coefficient (Wildman–Crippen LogP) is 3.91. The zero-order valence-corrected chi connectivity index (χ0v) is 22.8. The molecule has 1 unspecified atom stereocenters. The number of hydrogen-bond donors (Lipinski definition) is 2. The molecule has 1 aromatic heterocycles. The molecule has 3 heterocycles. The second kappa shape index (κ2) is 9.35. The molecular formula is C25H29ClN6O5S. The van der Waals surface area contributed by atoms with Crippen molar-refractivity contribution in [3.8, 4) is 11.4 Å². The van der Waals surface area contributed by atoms with Crippen molar-refractivity contribution in [1.29, 1.82) is 0 Å². The van der Waals surface area contributed by atoms with Gasteiger partial charge < -0.3 is 14.4 Å². The SMILES string of the molecule is CC(C)(C)c1cc(N2C(=O)NC23C=CC(Cl)=CC3)n(-c2cccc(OS(=O)(=O)NC(=O)N3CCCC3)c2)n1. The van der Waals surface area contributed by atoms with Crippen molar-refractivity contribution < 1.29 is 22.2 Å². The van der Waals surface area contributed by atoms with Crippen molar-refractivity contribution in [2.75, 3.05) is 18.0 Å². The summed E-state index contributed by atoms with van der Waals surface area (Å²) in [5.74, 6) is 0.482. The average molecular weight is 561 g/mol. The number of hydrogen-bond acceptors (Lipinski definition) is 6. The van der Waals surface area contributed by atoms with Crippen LogP contribution in [-0.2, 0) is 15.7 Å². The fourth-order valence-electron chi connectivity index (χ4n) is 4.59. The third-order valence-electron chi connectivity index (χ3n) is 6.61. The largest absolute Gasteiger partial charge is 0.411 e. The molecule has 202 valence electrons. The zero-order valence-electron chi connectivity index (χ0n) is 21.3. The van der Waals surface area contributed by atoms with Crippen molar-refractivity contribution in [2.24, 2.45) is 0 Å². The van der Waals surface area contributed by atoms with Gasteiger partial charge in [0.1, 0.15) is 17.2 Å². The van der Waals surface area contributed by atoms with Gasteiger partial charge >= 0.3 is 22.4 Å². The van der Waals surface area contributed by atoms with Crippen LogP contribution in [0.4, 0.5) is 15.4 Å². The van der Waals surface area contributed by atoms with Gasteiger partial charge in [0.05, 0.1) is 11.4 Å². The molecule has 2 N–H and O–H groups in total. The lowest BCUT2D eigenvalue weighted by Gasteiger charge is -2.51. The van der Waals surface area contributed by atoms with E-state index in [1.54, 1.807) is 27.8 Å². The Kier molecular flexibility index (Phi) is 6.42. The van der Waals surface area contributed by atoms with Gasteiger partial charge in [-0.15, -0.1) is 0 Å². The van der Waals surface area contributed by atoms with Crippen molar-refractivity contribution in [3.05, 3.63) is 59.3 Å². The standard InChI is InChI=1S/C25H29ClN6O5S/c1-24(2,3)20-16-21(31-22(33)27-25(31)11-9-17(26)10-12-25)32(28-20)18-7-6-8-19(15-18)37-38(35,36)29-23(34)30-13-4-5-14-30/h6-11,15-16H,4-5,12-14H2,1-3H3,(H,27,33)(H,29,34). The zero-order chi connectivity index (χ0) is 27.3. The highest BCUT2D eigenvalue weighted by atomic mass is 35.5. The third-order valence-corrected chi connectivity index (χ3v) is 7.73. The number of carbonyl (C=O) groups excluding carboxylic acids is 2. The summed E-state index contributed by atoms with van der Waals surface area (Å²) in [7, 11) is -4.42. The number of amides is 4. The molecule has 0 bridgehead atoms. The molecule has 5 rings (SSSR count). The normalized spacial score (nSPS) is 21.3. The first-order chi connectivity index (χ1) is 17.9. The van der Waals surface area contributed by atoms with Gasteiger partial charge in [0.2, 0.25) is 0 Å². The van der Waals surface area contributed by atoms with Gasteiger partial charge in [0, 0.05) is 42.1 Å². The molecule has 13 heteroatoms. The molecule has 4 amide bonds. The van der Waals surface area contributed by atoms with E-state index in [0.29, 0.717) is 36.0 Å². The number of anilines is 1. The van der Waals surface area contributed by atoms with Crippen LogP contribution < -0.4 is 19.1 Å². The second-order valence-electron chi connectivity index (χ2n) is 10.5. The van der Waals surface area contributed by atoms with Gasteiger partial charge in [0.25, 0.3) is 0 Å². The first-order valence-electron chi connectivity index (χ1n) is 12.3. The second-order valence-corrected chi connectivity index (χ2v) is 12.2. The maximum Gasteiger partial charge on any atom is 0.411 e. The molecule has 38 heavy (non-hydrogen) atoms.